The van der Waals surface area contributed by atoms with Gasteiger partial charge in [0.2, 0.25) is 0 Å². The molecule has 0 aliphatic carbocycles. The van der Waals surface area contributed by atoms with Crippen molar-refractivity contribution < 1.29 is 30.6 Å². The molecule has 1 unspecified atom stereocenters. The zero-order valence-corrected chi connectivity index (χ0v) is 18.0. The van der Waals surface area contributed by atoms with Crippen LogP contribution < -0.4 is 0 Å². The molecule has 5 atom stereocenters. The molecule has 0 amide bonds. The number of aliphatic hydroxyl groups excluding tert-OH is 5. The Bertz CT molecular complexity index is 871. The van der Waals surface area contributed by atoms with Crippen LogP contribution in [-0.2, 0) is 5.41 Å². The highest BCUT2D eigenvalue weighted by Gasteiger charge is 2.59. The Morgan fingerprint density at radius 3 is 1.28 bits per heavy atom. The second-order valence-electron chi connectivity index (χ2n) is 7.70. The molecule has 6 N–H and O–H groups in total. The number of halogens is 1. The van der Waals surface area contributed by atoms with E-state index in [0.717, 1.165) is 0 Å². The fourth-order valence-electron chi connectivity index (χ4n) is 4.14. The molecule has 170 valence electrons. The zero-order chi connectivity index (χ0) is 23.4. The van der Waals surface area contributed by atoms with Gasteiger partial charge in [-0.05, 0) is 16.7 Å². The molecule has 0 aliphatic rings. The summed E-state index contributed by atoms with van der Waals surface area (Å²) < 4.78 is 0. The Balaban J connectivity index is 2.31. The number of benzene rings is 3. The highest BCUT2D eigenvalue weighted by molar-refractivity contribution is 6.25. The minimum absolute atomic E-state index is 0.526. The summed E-state index contributed by atoms with van der Waals surface area (Å²) in [5, 5.41) is 60.0. The molecule has 0 saturated heterocycles. The standard InChI is InChI=1S/C25H27ClO6/c26-25(32,23(31)22(30)21(29)20(28)16-27)24(17-10-4-1-5-11-17,18-12-6-2-7-13-18)19-14-8-3-9-15-19/h1-15,20-23,27-32H,16H2/t20-,21-,22+,23-,25?/m1/s1. The zero-order valence-electron chi connectivity index (χ0n) is 17.2. The van der Waals surface area contributed by atoms with Gasteiger partial charge in [-0.25, -0.2) is 0 Å². The second-order valence-corrected chi connectivity index (χ2v) is 8.27. The lowest BCUT2D eigenvalue weighted by Crippen LogP contribution is -2.62. The molecule has 0 aromatic heterocycles. The summed E-state index contributed by atoms with van der Waals surface area (Å²) in [7, 11) is 0. The van der Waals surface area contributed by atoms with Crippen LogP contribution in [0, 0.1) is 0 Å². The maximum absolute atomic E-state index is 11.8. The van der Waals surface area contributed by atoms with Crippen LogP contribution in [0.1, 0.15) is 16.7 Å². The Labute approximate surface area is 191 Å². The SMILES string of the molecule is OC[C@@H](O)[C@@H](O)[C@H](O)[C@@H](O)C(O)(Cl)C(c1ccccc1)(c1ccccc1)c1ccccc1. The molecule has 0 radical (unpaired) electrons. The highest BCUT2D eigenvalue weighted by Crippen LogP contribution is 2.51. The average Bonchev–Trinajstić information content (AvgIpc) is 2.84. The number of rotatable bonds is 9. The van der Waals surface area contributed by atoms with Crippen molar-refractivity contribution in [2.45, 2.75) is 34.9 Å². The Hall–Kier alpha value is -2.29. The monoisotopic (exact) mass is 458 g/mol. The van der Waals surface area contributed by atoms with Crippen LogP contribution in [-0.4, -0.2) is 66.7 Å². The molecule has 6 nitrogen and oxygen atoms in total. The second kappa shape index (κ2) is 10.1. The predicted molar refractivity (Wildman–Crippen MR) is 121 cm³/mol. The van der Waals surface area contributed by atoms with Crippen LogP contribution in [0.2, 0.25) is 0 Å². The summed E-state index contributed by atoms with van der Waals surface area (Å²) in [6.07, 6.45) is -7.91. The maximum Gasteiger partial charge on any atom is 0.185 e. The number of alkyl halides is 1. The minimum Gasteiger partial charge on any atom is -0.394 e. The number of hydrogen-bond donors (Lipinski definition) is 6. The Morgan fingerprint density at radius 2 is 0.969 bits per heavy atom. The molecule has 3 aromatic rings. The van der Waals surface area contributed by atoms with E-state index in [2.05, 4.69) is 0 Å². The van der Waals surface area contributed by atoms with Gasteiger partial charge < -0.3 is 30.6 Å². The van der Waals surface area contributed by atoms with Gasteiger partial charge in [0.15, 0.2) is 5.06 Å². The first kappa shape index (κ1) is 24.4. The normalized spacial score (nSPS) is 17.7. The van der Waals surface area contributed by atoms with Crippen LogP contribution in [0.15, 0.2) is 91.0 Å². The molecule has 0 fully saturated rings. The van der Waals surface area contributed by atoms with Crippen molar-refractivity contribution in [3.8, 4) is 0 Å². The molecule has 3 aromatic carbocycles. The van der Waals surface area contributed by atoms with Crippen molar-refractivity contribution in [3.05, 3.63) is 108 Å². The van der Waals surface area contributed by atoms with Crippen LogP contribution in [0.4, 0.5) is 0 Å². The van der Waals surface area contributed by atoms with E-state index in [1.165, 1.54) is 0 Å². The summed E-state index contributed by atoms with van der Waals surface area (Å²) >= 11 is 6.79. The van der Waals surface area contributed by atoms with Crippen LogP contribution in [0.25, 0.3) is 0 Å². The fraction of sp³-hybridized carbons (Fsp3) is 0.280. The van der Waals surface area contributed by atoms with Crippen molar-refractivity contribution in [1.29, 1.82) is 0 Å². The molecule has 0 spiro atoms. The largest absolute Gasteiger partial charge is 0.394 e. The summed E-state index contributed by atoms with van der Waals surface area (Å²) in [5.41, 5.74) is -0.0159. The Kier molecular flexibility index (Phi) is 7.69. The number of aliphatic hydroxyl groups is 6. The van der Waals surface area contributed by atoms with Crippen molar-refractivity contribution >= 4 is 11.6 Å². The van der Waals surface area contributed by atoms with Gasteiger partial charge in [-0.1, -0.05) is 103 Å². The van der Waals surface area contributed by atoms with Crippen LogP contribution >= 0.6 is 11.6 Å². The van der Waals surface area contributed by atoms with Gasteiger partial charge in [0.25, 0.3) is 0 Å². The van der Waals surface area contributed by atoms with Gasteiger partial charge in [0, 0.05) is 0 Å². The molecule has 0 saturated carbocycles. The molecule has 0 aliphatic heterocycles. The van der Waals surface area contributed by atoms with Gasteiger partial charge in [0.1, 0.15) is 24.4 Å². The quantitative estimate of drug-likeness (QED) is 0.213. The maximum atomic E-state index is 11.8. The lowest BCUT2D eigenvalue weighted by Gasteiger charge is -2.48. The number of hydrogen-bond acceptors (Lipinski definition) is 6. The van der Waals surface area contributed by atoms with Gasteiger partial charge in [-0.15, -0.1) is 0 Å². The van der Waals surface area contributed by atoms with Gasteiger partial charge >= 0.3 is 0 Å². The van der Waals surface area contributed by atoms with E-state index in [0.29, 0.717) is 16.7 Å². The van der Waals surface area contributed by atoms with Gasteiger partial charge in [0.05, 0.1) is 12.0 Å². The Morgan fingerprint density at radius 1 is 0.625 bits per heavy atom. The van der Waals surface area contributed by atoms with Crippen molar-refractivity contribution in [1.82, 2.24) is 0 Å². The molecule has 3 rings (SSSR count). The molecule has 32 heavy (non-hydrogen) atoms. The third-order valence-corrected chi connectivity index (χ3v) is 6.30. The van der Waals surface area contributed by atoms with Crippen molar-refractivity contribution in [3.63, 3.8) is 0 Å². The smallest absolute Gasteiger partial charge is 0.185 e. The first-order valence-electron chi connectivity index (χ1n) is 10.2. The summed E-state index contributed by atoms with van der Waals surface area (Å²) in [6.45, 7) is -0.854. The molecule has 0 bridgehead atoms. The van der Waals surface area contributed by atoms with Gasteiger partial charge in [-0.3, -0.25) is 0 Å². The van der Waals surface area contributed by atoms with Crippen molar-refractivity contribution in [2.75, 3.05) is 6.61 Å². The lowest BCUT2D eigenvalue weighted by atomic mass is 9.63. The van der Waals surface area contributed by atoms with Crippen molar-refractivity contribution in [2.24, 2.45) is 0 Å². The summed E-state index contributed by atoms with van der Waals surface area (Å²) in [4.78, 5) is 0. The first-order valence-corrected chi connectivity index (χ1v) is 10.6. The minimum atomic E-state index is -2.60. The third kappa shape index (κ3) is 4.19. The van der Waals surface area contributed by atoms with E-state index in [9.17, 15) is 25.5 Å². The molecular weight excluding hydrogens is 432 g/mol. The van der Waals surface area contributed by atoms with Crippen LogP contribution in [0.5, 0.6) is 0 Å². The first-order chi connectivity index (χ1) is 15.3. The van der Waals surface area contributed by atoms with E-state index in [4.69, 9.17) is 16.7 Å². The van der Waals surface area contributed by atoms with E-state index in [1.54, 1.807) is 91.0 Å². The van der Waals surface area contributed by atoms with Gasteiger partial charge in [-0.2, -0.15) is 0 Å². The highest BCUT2D eigenvalue weighted by atomic mass is 35.5. The predicted octanol–water partition coefficient (Wildman–Crippen LogP) is 1.38. The molecular formula is C25H27ClO6. The average molecular weight is 459 g/mol. The molecule has 7 heteroatoms. The van der Waals surface area contributed by atoms with E-state index in [-0.39, 0.29) is 0 Å². The molecule has 0 heterocycles. The summed E-state index contributed by atoms with van der Waals surface area (Å²) in [6, 6.07) is 26.4. The van der Waals surface area contributed by atoms with Crippen LogP contribution in [0.3, 0.4) is 0 Å². The fourth-order valence-corrected chi connectivity index (χ4v) is 4.60. The summed E-state index contributed by atoms with van der Waals surface area (Å²) in [5.74, 6) is 0. The van der Waals surface area contributed by atoms with E-state index >= 15 is 0 Å². The topological polar surface area (TPSA) is 121 Å². The van der Waals surface area contributed by atoms with E-state index in [1.807, 2.05) is 0 Å². The van der Waals surface area contributed by atoms with E-state index < -0.39 is 41.5 Å². The third-order valence-electron chi connectivity index (χ3n) is 5.79. The lowest BCUT2D eigenvalue weighted by molar-refractivity contribution is -0.159.